The van der Waals surface area contributed by atoms with Crippen LogP contribution in [0.5, 0.6) is 5.75 Å². The molecule has 1 amide bonds. The van der Waals surface area contributed by atoms with Crippen LogP contribution in [0.1, 0.15) is 23.1 Å². The second-order valence-corrected chi connectivity index (χ2v) is 21.6. The number of nitrogens with two attached hydrogens (primary N) is 1. The number of carbonyl (C=O) groups is 3. The molecule has 210 valence electrons. The average Bonchev–Trinajstić information content (AvgIpc) is 2.85. The first-order valence-electron chi connectivity index (χ1n) is 12.3. The molecule has 0 unspecified atom stereocenters. The van der Waals surface area contributed by atoms with E-state index >= 15 is 0 Å². The Balaban J connectivity index is 1.70. The quantitative estimate of drug-likeness (QED) is 0.175. The second-order valence-electron chi connectivity index (χ2n) is 10.5. The number of Topliss-reactive ketones (excluding diaryl/α,β-unsaturated/α-hetero) is 2. The predicted octanol–water partition coefficient (Wildman–Crippen LogP) is 4.05. The van der Waals surface area contributed by atoms with Crippen LogP contribution >= 0.6 is 67.8 Å². The van der Waals surface area contributed by atoms with Gasteiger partial charge in [-0.2, -0.15) is 0 Å². The van der Waals surface area contributed by atoms with Crippen molar-refractivity contribution in [2.24, 2.45) is 17.6 Å². The molecule has 2 aromatic carbocycles. The largest absolute Gasteiger partial charge is 0.508 e. The van der Waals surface area contributed by atoms with Crippen LogP contribution < -0.4 is 5.73 Å². The summed E-state index contributed by atoms with van der Waals surface area (Å²) >= 11 is 7.01. The Labute approximate surface area is 270 Å². The number of hydrogen-bond donors (Lipinski definition) is 5. The van der Waals surface area contributed by atoms with Crippen molar-refractivity contribution < 1.29 is 34.8 Å². The molecule has 0 spiro atoms. The minimum Gasteiger partial charge on any atom is -0.508 e. The van der Waals surface area contributed by atoms with Gasteiger partial charge in [0.05, 0.1) is 11.6 Å². The Morgan fingerprint density at radius 2 is 1.68 bits per heavy atom. The van der Waals surface area contributed by atoms with Crippen LogP contribution in [0.15, 0.2) is 53.3 Å². The summed E-state index contributed by atoms with van der Waals surface area (Å²) < 4.78 is -0.135. The molecule has 1 fully saturated rings. The number of fused-ring (bicyclic) bond motifs is 3. The van der Waals surface area contributed by atoms with Crippen LogP contribution in [-0.2, 0) is 20.2 Å². The lowest BCUT2D eigenvalue weighted by Gasteiger charge is -2.50. The van der Waals surface area contributed by atoms with Gasteiger partial charge in [0.1, 0.15) is 22.3 Å². The van der Waals surface area contributed by atoms with Gasteiger partial charge in [0.15, 0.2) is 11.4 Å². The minimum absolute atomic E-state index is 0.0425. The second kappa shape index (κ2) is 10.2. The molecule has 0 radical (unpaired) electrons. The molecular formula is C28H25I3N2O7. The molecule has 4 atom stereocenters. The maximum Gasteiger partial charge on any atom is 0.255 e. The van der Waals surface area contributed by atoms with E-state index in [0.717, 1.165) is 16.7 Å². The zero-order valence-electron chi connectivity index (χ0n) is 21.3. The minimum atomic E-state index is -2.65. The lowest BCUT2D eigenvalue weighted by molar-refractivity contribution is -0.153. The molecule has 1 saturated carbocycles. The van der Waals surface area contributed by atoms with Gasteiger partial charge < -0.3 is 26.2 Å². The van der Waals surface area contributed by atoms with Gasteiger partial charge in [0, 0.05) is 11.5 Å². The average molecular weight is 882 g/mol. The van der Waals surface area contributed by atoms with E-state index in [1.165, 1.54) is 11.0 Å². The van der Waals surface area contributed by atoms with E-state index in [1.54, 1.807) is 20.2 Å². The number of hydrogen-bond acceptors (Lipinski definition) is 8. The summed E-state index contributed by atoms with van der Waals surface area (Å²) in [4.78, 5) is 40.8. The van der Waals surface area contributed by atoms with E-state index in [-0.39, 0.29) is 29.2 Å². The number of likely N-dealkylation sites (N-methyl/N-ethyl adjacent to an activating group) is 1. The molecular weight excluding hydrogens is 857 g/mol. The number of carbonyl (C=O) groups excluding carboxylic acids is 3. The molecule has 2 aromatic rings. The molecule has 40 heavy (non-hydrogen) atoms. The number of nitrogens with zero attached hydrogens (tertiary/aromatic N) is 1. The third kappa shape index (κ3) is 4.39. The SMILES string of the molecule is CN(C)[C@@H]1C(=O)C(C(N)=O)=C(O)[C@@]2(O)C(=O)C3=C(O)c4c(O)ccc(-c5ccc(C(I)(I)I)cc5)c4C[C@H]3C[C@@H]12. The monoisotopic (exact) mass is 882 g/mol. The highest BCUT2D eigenvalue weighted by atomic mass is 127. The van der Waals surface area contributed by atoms with Crippen molar-refractivity contribution >= 4 is 91.0 Å². The summed E-state index contributed by atoms with van der Waals surface area (Å²) in [6.45, 7) is 0. The number of benzene rings is 2. The van der Waals surface area contributed by atoms with Crippen LogP contribution in [0.25, 0.3) is 16.9 Å². The molecule has 3 aliphatic carbocycles. The number of halogens is 3. The third-order valence-electron chi connectivity index (χ3n) is 8.13. The number of phenolic OH excluding ortho intramolecular Hbond substituents is 1. The topological polar surface area (TPSA) is 161 Å². The van der Waals surface area contributed by atoms with Crippen LogP contribution in [0.3, 0.4) is 0 Å². The molecule has 12 heteroatoms. The smallest absolute Gasteiger partial charge is 0.255 e. The van der Waals surface area contributed by atoms with Gasteiger partial charge in [0.2, 0.25) is 5.78 Å². The van der Waals surface area contributed by atoms with Crippen LogP contribution in [0, 0.1) is 11.8 Å². The van der Waals surface area contributed by atoms with E-state index in [0.29, 0.717) is 5.56 Å². The summed E-state index contributed by atoms with van der Waals surface area (Å²) in [6, 6.07) is 10.0. The highest BCUT2D eigenvalue weighted by Gasteiger charge is 2.64. The molecule has 0 heterocycles. The Morgan fingerprint density at radius 1 is 1.05 bits per heavy atom. The van der Waals surface area contributed by atoms with Gasteiger partial charge in [-0.1, -0.05) is 30.3 Å². The van der Waals surface area contributed by atoms with Crippen LogP contribution in [0.4, 0.5) is 0 Å². The zero-order chi connectivity index (χ0) is 29.5. The van der Waals surface area contributed by atoms with Crippen molar-refractivity contribution in [1.29, 1.82) is 0 Å². The number of ketones is 2. The van der Waals surface area contributed by atoms with E-state index in [2.05, 4.69) is 67.8 Å². The van der Waals surface area contributed by atoms with Crippen molar-refractivity contribution in [1.82, 2.24) is 4.90 Å². The molecule has 5 rings (SSSR count). The van der Waals surface area contributed by atoms with Gasteiger partial charge >= 0.3 is 0 Å². The fourth-order valence-corrected chi connectivity index (χ4v) is 7.43. The highest BCUT2D eigenvalue weighted by molar-refractivity contribution is 14.3. The van der Waals surface area contributed by atoms with Gasteiger partial charge in [-0.3, -0.25) is 19.3 Å². The number of phenols is 1. The molecule has 9 nitrogen and oxygen atoms in total. The number of aliphatic hydroxyl groups is 3. The fourth-order valence-electron chi connectivity index (χ4n) is 6.35. The Morgan fingerprint density at radius 3 is 2.23 bits per heavy atom. The van der Waals surface area contributed by atoms with Crippen molar-refractivity contribution in [2.75, 3.05) is 14.1 Å². The first-order valence-corrected chi connectivity index (χ1v) is 15.5. The number of aromatic hydroxyl groups is 1. The third-order valence-corrected chi connectivity index (χ3v) is 10.00. The Hall–Kier alpha value is -1.76. The fraction of sp³-hybridized carbons (Fsp3) is 0.321. The molecule has 0 aliphatic heterocycles. The Bertz CT molecular complexity index is 1540. The van der Waals surface area contributed by atoms with Crippen LogP contribution in [-0.4, -0.2) is 68.5 Å². The molecule has 0 saturated heterocycles. The van der Waals surface area contributed by atoms with E-state index in [9.17, 15) is 34.8 Å². The maximum atomic E-state index is 14.0. The van der Waals surface area contributed by atoms with Crippen molar-refractivity contribution in [2.45, 2.75) is 23.9 Å². The molecule has 0 aromatic heterocycles. The number of aliphatic hydroxyl groups excluding tert-OH is 2. The lowest BCUT2D eigenvalue weighted by atomic mass is 9.57. The summed E-state index contributed by atoms with van der Waals surface area (Å²) in [5, 5.41) is 44.9. The molecule has 6 N–H and O–H groups in total. The lowest BCUT2D eigenvalue weighted by Crippen LogP contribution is -2.65. The first kappa shape index (κ1) is 29.7. The van der Waals surface area contributed by atoms with E-state index < -0.39 is 58.0 Å². The summed E-state index contributed by atoms with van der Waals surface area (Å²) in [6.07, 6.45) is 0.273. The standard InChI is InChI=1S/C28H25I3N2O7/c1-33(2)21-16-10-12-9-15-14(11-3-5-13(6-4-11)28(29,30)31)7-8-17(34)19(15)22(35)18(12)24(37)27(16,40)25(38)20(23(21)36)26(32)39/h3-8,12,16,21,34-35,38,40H,9-10H2,1-2H3,(H2,32,39)/t12-,16-,21-,27-/m0/s1. The number of primary amides is 1. The van der Waals surface area contributed by atoms with Crippen LogP contribution in [0.2, 0.25) is 0 Å². The Kier molecular flexibility index (Phi) is 7.58. The number of amides is 1. The van der Waals surface area contributed by atoms with Crippen molar-refractivity contribution in [3.8, 4) is 16.9 Å². The van der Waals surface area contributed by atoms with Crippen molar-refractivity contribution in [3.05, 3.63) is 70.0 Å². The highest BCUT2D eigenvalue weighted by Crippen LogP contribution is 2.54. The van der Waals surface area contributed by atoms with Gasteiger partial charge in [-0.25, -0.2) is 0 Å². The predicted molar refractivity (Wildman–Crippen MR) is 173 cm³/mol. The van der Waals surface area contributed by atoms with Gasteiger partial charge in [0.25, 0.3) is 5.91 Å². The van der Waals surface area contributed by atoms with Gasteiger partial charge in [-0.05, 0) is 129 Å². The first-order chi connectivity index (χ1) is 18.6. The van der Waals surface area contributed by atoms with E-state index in [1.807, 2.05) is 24.3 Å². The van der Waals surface area contributed by atoms with Crippen molar-refractivity contribution in [3.63, 3.8) is 0 Å². The molecule has 3 aliphatic rings. The summed E-state index contributed by atoms with van der Waals surface area (Å²) in [7, 11) is 3.15. The summed E-state index contributed by atoms with van der Waals surface area (Å²) in [5.74, 6) is -6.65. The van der Waals surface area contributed by atoms with Gasteiger partial charge in [-0.15, -0.1) is 0 Å². The number of alkyl halides is 3. The molecule has 0 bridgehead atoms. The normalized spacial score (nSPS) is 26.5. The summed E-state index contributed by atoms with van der Waals surface area (Å²) in [5.41, 5.74) is 5.14. The zero-order valence-corrected chi connectivity index (χ0v) is 27.8. The maximum absolute atomic E-state index is 14.0. The van der Waals surface area contributed by atoms with E-state index in [4.69, 9.17) is 5.73 Å². The number of rotatable bonds is 4.